The first kappa shape index (κ1) is 18.8. The van der Waals surface area contributed by atoms with E-state index >= 15 is 0 Å². The predicted octanol–water partition coefficient (Wildman–Crippen LogP) is -1.45. The number of hydrogen-bond acceptors (Lipinski definition) is 5. The van der Waals surface area contributed by atoms with Crippen LogP contribution in [-0.2, 0) is 9.59 Å². The van der Waals surface area contributed by atoms with E-state index in [9.17, 15) is 9.59 Å². The summed E-state index contributed by atoms with van der Waals surface area (Å²) < 4.78 is 0. The second kappa shape index (κ2) is 12.8. The van der Waals surface area contributed by atoms with Gasteiger partial charge in [0.25, 0.3) is 0 Å². The van der Waals surface area contributed by atoms with E-state index in [0.717, 1.165) is 19.4 Å². The van der Waals surface area contributed by atoms with Crippen molar-refractivity contribution >= 4 is 11.8 Å². The highest BCUT2D eigenvalue weighted by Crippen LogP contribution is 1.97. The molecule has 0 aliphatic heterocycles. The van der Waals surface area contributed by atoms with Gasteiger partial charge in [-0.2, -0.15) is 0 Å². The quantitative estimate of drug-likeness (QED) is 0.282. The molecule has 0 rings (SSSR count). The third kappa shape index (κ3) is 9.71. The van der Waals surface area contributed by atoms with Gasteiger partial charge < -0.3 is 27.0 Å². The lowest BCUT2D eigenvalue weighted by Crippen LogP contribution is -2.43. The summed E-state index contributed by atoms with van der Waals surface area (Å²) in [5.74, 6) is -0.0972. The number of amides is 2. The van der Waals surface area contributed by atoms with Crippen molar-refractivity contribution in [3.63, 3.8) is 0 Å². The molecule has 1 atom stereocenters. The maximum Gasteiger partial charge on any atom is 0.237 e. The van der Waals surface area contributed by atoms with E-state index in [-0.39, 0.29) is 17.9 Å². The molecular formula is C13H29N5O2. The molecule has 0 saturated carbocycles. The SMILES string of the molecule is CNCCCNC(=O)CCC(NC)C(=O)NCCCN. The molecule has 7 heteroatoms. The molecule has 0 aromatic heterocycles. The molecule has 0 aliphatic carbocycles. The van der Waals surface area contributed by atoms with E-state index < -0.39 is 0 Å². The Morgan fingerprint density at radius 1 is 1.05 bits per heavy atom. The van der Waals surface area contributed by atoms with Crippen LogP contribution in [-0.4, -0.2) is 58.1 Å². The molecule has 6 N–H and O–H groups in total. The fourth-order valence-corrected chi connectivity index (χ4v) is 1.70. The summed E-state index contributed by atoms with van der Waals surface area (Å²) in [6.07, 6.45) is 2.49. The average Bonchev–Trinajstić information content (AvgIpc) is 2.44. The molecule has 0 bridgehead atoms. The fraction of sp³-hybridized carbons (Fsp3) is 0.846. The van der Waals surface area contributed by atoms with Crippen LogP contribution in [0.4, 0.5) is 0 Å². The Balaban J connectivity index is 3.81. The van der Waals surface area contributed by atoms with Gasteiger partial charge in [-0.1, -0.05) is 0 Å². The maximum absolute atomic E-state index is 11.8. The monoisotopic (exact) mass is 287 g/mol. The first-order valence-corrected chi connectivity index (χ1v) is 7.22. The second-order valence-corrected chi connectivity index (χ2v) is 4.62. The minimum absolute atomic E-state index is 0.0175. The number of hydrogen-bond donors (Lipinski definition) is 5. The van der Waals surface area contributed by atoms with Gasteiger partial charge >= 0.3 is 0 Å². The van der Waals surface area contributed by atoms with E-state index in [1.54, 1.807) is 7.05 Å². The predicted molar refractivity (Wildman–Crippen MR) is 80.3 cm³/mol. The zero-order valence-corrected chi connectivity index (χ0v) is 12.6. The molecule has 0 heterocycles. The summed E-state index contributed by atoms with van der Waals surface area (Å²) in [6, 6.07) is -0.337. The van der Waals surface area contributed by atoms with E-state index in [4.69, 9.17) is 5.73 Å². The lowest BCUT2D eigenvalue weighted by Gasteiger charge is -2.15. The zero-order valence-electron chi connectivity index (χ0n) is 12.6. The summed E-state index contributed by atoms with van der Waals surface area (Å²) in [5.41, 5.74) is 5.37. The van der Waals surface area contributed by atoms with E-state index in [1.807, 2.05) is 7.05 Å². The van der Waals surface area contributed by atoms with Crippen molar-refractivity contribution in [1.29, 1.82) is 0 Å². The van der Waals surface area contributed by atoms with Crippen molar-refractivity contribution in [3.05, 3.63) is 0 Å². The van der Waals surface area contributed by atoms with Crippen LogP contribution < -0.4 is 27.0 Å². The highest BCUT2D eigenvalue weighted by molar-refractivity contribution is 5.83. The Labute approximate surface area is 121 Å². The Kier molecular flexibility index (Phi) is 12.1. The largest absolute Gasteiger partial charge is 0.356 e. The molecule has 118 valence electrons. The smallest absolute Gasteiger partial charge is 0.237 e. The molecular weight excluding hydrogens is 258 g/mol. The number of carbonyl (C=O) groups is 2. The van der Waals surface area contributed by atoms with Gasteiger partial charge in [-0.25, -0.2) is 0 Å². The van der Waals surface area contributed by atoms with Crippen molar-refractivity contribution in [2.75, 3.05) is 40.3 Å². The van der Waals surface area contributed by atoms with E-state index in [0.29, 0.717) is 32.5 Å². The lowest BCUT2D eigenvalue weighted by atomic mass is 10.1. The molecule has 0 radical (unpaired) electrons. The molecule has 1 unspecified atom stereocenters. The first-order chi connectivity index (χ1) is 9.65. The average molecular weight is 287 g/mol. The number of carbonyl (C=O) groups excluding carboxylic acids is 2. The summed E-state index contributed by atoms with van der Waals surface area (Å²) >= 11 is 0. The summed E-state index contributed by atoms with van der Waals surface area (Å²) in [5, 5.41) is 11.6. The van der Waals surface area contributed by atoms with Crippen molar-refractivity contribution < 1.29 is 9.59 Å². The van der Waals surface area contributed by atoms with Crippen LogP contribution in [0.15, 0.2) is 0 Å². The van der Waals surface area contributed by atoms with Crippen LogP contribution in [0.1, 0.15) is 25.7 Å². The van der Waals surface area contributed by atoms with E-state index in [1.165, 1.54) is 0 Å². The van der Waals surface area contributed by atoms with Gasteiger partial charge in [0.05, 0.1) is 6.04 Å². The number of likely N-dealkylation sites (N-methyl/N-ethyl adjacent to an activating group) is 1. The van der Waals surface area contributed by atoms with Gasteiger partial charge in [-0.05, 0) is 46.4 Å². The lowest BCUT2D eigenvalue weighted by molar-refractivity contribution is -0.124. The van der Waals surface area contributed by atoms with Crippen LogP contribution in [0.5, 0.6) is 0 Å². The highest BCUT2D eigenvalue weighted by Gasteiger charge is 2.16. The standard InChI is InChI=1S/C13H29N5O2/c1-15-8-4-10-17-12(19)6-5-11(16-2)13(20)18-9-3-7-14/h11,15-16H,3-10,14H2,1-2H3,(H,17,19)(H,18,20). The Morgan fingerprint density at radius 2 is 1.75 bits per heavy atom. The van der Waals surface area contributed by atoms with Crippen LogP contribution in [0.25, 0.3) is 0 Å². The summed E-state index contributed by atoms with van der Waals surface area (Å²) in [6.45, 7) is 2.67. The molecule has 0 aliphatic rings. The zero-order chi connectivity index (χ0) is 15.2. The van der Waals surface area contributed by atoms with Crippen molar-refractivity contribution in [1.82, 2.24) is 21.3 Å². The molecule has 0 saturated heterocycles. The van der Waals surface area contributed by atoms with Crippen LogP contribution in [0.2, 0.25) is 0 Å². The number of nitrogens with two attached hydrogens (primary N) is 1. The number of rotatable bonds is 12. The Hall–Kier alpha value is -1.18. The molecule has 2 amide bonds. The first-order valence-electron chi connectivity index (χ1n) is 7.22. The minimum atomic E-state index is -0.337. The molecule has 0 spiro atoms. The van der Waals surface area contributed by atoms with Crippen LogP contribution in [0.3, 0.4) is 0 Å². The Morgan fingerprint density at radius 3 is 2.35 bits per heavy atom. The highest BCUT2D eigenvalue weighted by atomic mass is 16.2. The topological polar surface area (TPSA) is 108 Å². The molecule has 0 aromatic rings. The van der Waals surface area contributed by atoms with Crippen molar-refractivity contribution in [2.45, 2.75) is 31.7 Å². The number of nitrogens with one attached hydrogen (secondary N) is 4. The van der Waals surface area contributed by atoms with Gasteiger partial charge in [0.15, 0.2) is 0 Å². The second-order valence-electron chi connectivity index (χ2n) is 4.62. The molecule has 0 aromatic carbocycles. The normalized spacial score (nSPS) is 11.9. The molecule has 20 heavy (non-hydrogen) atoms. The van der Waals surface area contributed by atoms with Gasteiger partial charge in [0, 0.05) is 19.5 Å². The molecule has 0 fully saturated rings. The van der Waals surface area contributed by atoms with Crippen LogP contribution >= 0.6 is 0 Å². The minimum Gasteiger partial charge on any atom is -0.356 e. The maximum atomic E-state index is 11.8. The van der Waals surface area contributed by atoms with Crippen LogP contribution in [0, 0.1) is 0 Å². The fourth-order valence-electron chi connectivity index (χ4n) is 1.70. The van der Waals surface area contributed by atoms with E-state index in [2.05, 4.69) is 21.3 Å². The van der Waals surface area contributed by atoms with Crippen molar-refractivity contribution in [3.8, 4) is 0 Å². The summed E-state index contributed by atoms with van der Waals surface area (Å²) in [7, 11) is 3.60. The summed E-state index contributed by atoms with van der Waals surface area (Å²) in [4.78, 5) is 23.4. The Bertz CT molecular complexity index is 273. The van der Waals surface area contributed by atoms with Gasteiger partial charge in [0.1, 0.15) is 0 Å². The third-order valence-corrected chi connectivity index (χ3v) is 2.93. The van der Waals surface area contributed by atoms with Gasteiger partial charge in [0.2, 0.25) is 11.8 Å². The molecule has 7 nitrogen and oxygen atoms in total. The van der Waals surface area contributed by atoms with Gasteiger partial charge in [-0.15, -0.1) is 0 Å². The van der Waals surface area contributed by atoms with Gasteiger partial charge in [-0.3, -0.25) is 9.59 Å². The third-order valence-electron chi connectivity index (χ3n) is 2.93. The van der Waals surface area contributed by atoms with Crippen molar-refractivity contribution in [2.24, 2.45) is 5.73 Å².